The Morgan fingerprint density at radius 1 is 1.37 bits per heavy atom. The zero-order chi connectivity index (χ0) is 14.8. The molecule has 0 heterocycles. The van der Waals surface area contributed by atoms with E-state index in [4.69, 9.17) is 4.74 Å². The van der Waals surface area contributed by atoms with Crippen molar-refractivity contribution in [1.29, 1.82) is 0 Å². The third-order valence-electron chi connectivity index (χ3n) is 3.80. The maximum absolute atomic E-state index is 12.5. The highest BCUT2D eigenvalue weighted by molar-refractivity contribution is 5.98. The Morgan fingerprint density at radius 2 is 1.89 bits per heavy atom. The summed E-state index contributed by atoms with van der Waals surface area (Å²) in [5.74, 6) is 0.0509. The Hall–Kier alpha value is -1.06. The molecule has 110 valence electrons. The van der Waals surface area contributed by atoms with Crippen molar-refractivity contribution in [1.82, 2.24) is 4.90 Å². The average Bonchev–Trinajstić information content (AvgIpc) is 2.92. The van der Waals surface area contributed by atoms with Crippen LogP contribution in [0.3, 0.4) is 0 Å². The Balaban J connectivity index is 2.73. The summed E-state index contributed by atoms with van der Waals surface area (Å²) >= 11 is 0. The van der Waals surface area contributed by atoms with E-state index < -0.39 is 17.3 Å². The minimum atomic E-state index is -0.716. The average molecular weight is 269 g/mol. The molecule has 0 spiro atoms. The first-order valence-electron chi connectivity index (χ1n) is 7.10. The standard InChI is InChI=1S/C15H27NO3/c1-7-19-14(18)12(15(3,4)5)13(17)16(6)9-11-8-10(11)2/h10-12H,7-9H2,1-6H3. The van der Waals surface area contributed by atoms with E-state index in [1.807, 2.05) is 20.8 Å². The molecule has 0 bridgehead atoms. The van der Waals surface area contributed by atoms with Crippen molar-refractivity contribution in [3.8, 4) is 0 Å². The maximum Gasteiger partial charge on any atom is 0.319 e. The summed E-state index contributed by atoms with van der Waals surface area (Å²) in [6, 6.07) is 0. The van der Waals surface area contributed by atoms with E-state index in [9.17, 15) is 9.59 Å². The van der Waals surface area contributed by atoms with Crippen LogP contribution in [0.25, 0.3) is 0 Å². The fraction of sp³-hybridized carbons (Fsp3) is 0.867. The van der Waals surface area contributed by atoms with Crippen molar-refractivity contribution >= 4 is 11.9 Å². The molecule has 0 aliphatic heterocycles. The quantitative estimate of drug-likeness (QED) is 0.568. The van der Waals surface area contributed by atoms with E-state index >= 15 is 0 Å². The summed E-state index contributed by atoms with van der Waals surface area (Å²) in [4.78, 5) is 26.2. The summed E-state index contributed by atoms with van der Waals surface area (Å²) in [6.07, 6.45) is 1.18. The molecule has 1 amide bonds. The lowest BCUT2D eigenvalue weighted by Crippen LogP contribution is -2.45. The van der Waals surface area contributed by atoms with Crippen molar-refractivity contribution in [2.75, 3.05) is 20.2 Å². The summed E-state index contributed by atoms with van der Waals surface area (Å²) in [7, 11) is 1.78. The largest absolute Gasteiger partial charge is 0.465 e. The third kappa shape index (κ3) is 4.22. The highest BCUT2D eigenvalue weighted by Crippen LogP contribution is 2.38. The molecule has 1 aliphatic carbocycles. The van der Waals surface area contributed by atoms with Crippen molar-refractivity contribution < 1.29 is 14.3 Å². The van der Waals surface area contributed by atoms with Crippen LogP contribution in [-0.2, 0) is 14.3 Å². The third-order valence-corrected chi connectivity index (χ3v) is 3.80. The Labute approximate surface area is 116 Å². The van der Waals surface area contributed by atoms with Gasteiger partial charge in [0.1, 0.15) is 5.92 Å². The molecule has 0 saturated heterocycles. The maximum atomic E-state index is 12.5. The highest BCUT2D eigenvalue weighted by atomic mass is 16.5. The predicted octanol–water partition coefficient (Wildman–Crippen LogP) is 2.33. The van der Waals surface area contributed by atoms with E-state index in [0.29, 0.717) is 18.4 Å². The van der Waals surface area contributed by atoms with Crippen molar-refractivity contribution in [2.45, 2.75) is 41.0 Å². The van der Waals surface area contributed by atoms with Gasteiger partial charge in [0, 0.05) is 13.6 Å². The second-order valence-electron chi connectivity index (χ2n) is 6.74. The topological polar surface area (TPSA) is 46.6 Å². The number of nitrogens with zero attached hydrogens (tertiary/aromatic N) is 1. The predicted molar refractivity (Wildman–Crippen MR) is 74.5 cm³/mol. The van der Waals surface area contributed by atoms with Gasteiger partial charge in [-0.3, -0.25) is 9.59 Å². The number of ether oxygens (including phenoxy) is 1. The second-order valence-corrected chi connectivity index (χ2v) is 6.74. The van der Waals surface area contributed by atoms with E-state index in [2.05, 4.69) is 6.92 Å². The molecule has 0 radical (unpaired) electrons. The van der Waals surface area contributed by atoms with Crippen LogP contribution in [0.1, 0.15) is 41.0 Å². The van der Waals surface area contributed by atoms with Crippen molar-refractivity contribution in [3.05, 3.63) is 0 Å². The summed E-state index contributed by atoms with van der Waals surface area (Å²) in [6.45, 7) is 10.7. The van der Waals surface area contributed by atoms with Crippen LogP contribution >= 0.6 is 0 Å². The minimum Gasteiger partial charge on any atom is -0.465 e. The SMILES string of the molecule is CCOC(=O)C(C(=O)N(C)CC1CC1C)C(C)(C)C. The number of hydrogen-bond acceptors (Lipinski definition) is 3. The summed E-state index contributed by atoms with van der Waals surface area (Å²) in [5, 5.41) is 0. The Morgan fingerprint density at radius 3 is 2.26 bits per heavy atom. The monoisotopic (exact) mass is 269 g/mol. The molecule has 3 atom stereocenters. The molecule has 0 aromatic heterocycles. The zero-order valence-electron chi connectivity index (χ0n) is 13.0. The van der Waals surface area contributed by atoms with Gasteiger partial charge in [-0.1, -0.05) is 27.7 Å². The Bertz CT molecular complexity index is 346. The van der Waals surface area contributed by atoms with Crippen molar-refractivity contribution in [3.63, 3.8) is 0 Å². The molecule has 0 aromatic carbocycles. The number of rotatable bonds is 5. The fourth-order valence-corrected chi connectivity index (χ4v) is 2.37. The van der Waals surface area contributed by atoms with Gasteiger partial charge < -0.3 is 9.64 Å². The molecular formula is C15H27NO3. The highest BCUT2D eigenvalue weighted by Gasteiger charge is 2.42. The molecular weight excluding hydrogens is 242 g/mol. The van der Waals surface area contributed by atoms with Gasteiger partial charge in [-0.25, -0.2) is 0 Å². The van der Waals surface area contributed by atoms with Gasteiger partial charge in [0.05, 0.1) is 6.61 Å². The lowest BCUT2D eigenvalue weighted by atomic mass is 9.79. The lowest BCUT2D eigenvalue weighted by molar-refractivity contribution is -0.160. The van der Waals surface area contributed by atoms with Crippen LogP contribution in [0.4, 0.5) is 0 Å². The molecule has 4 nitrogen and oxygen atoms in total. The first-order chi connectivity index (χ1) is 8.68. The summed E-state index contributed by atoms with van der Waals surface area (Å²) in [5.41, 5.74) is -0.424. The Kier molecular flexibility index (Phi) is 4.99. The number of hydrogen-bond donors (Lipinski definition) is 0. The second kappa shape index (κ2) is 5.93. The van der Waals surface area contributed by atoms with Crippen LogP contribution in [0, 0.1) is 23.2 Å². The first kappa shape index (κ1) is 16.0. The molecule has 0 aromatic rings. The van der Waals surface area contributed by atoms with E-state index in [-0.39, 0.29) is 5.91 Å². The van der Waals surface area contributed by atoms with E-state index in [0.717, 1.165) is 6.54 Å². The number of carbonyl (C=O) groups excluding carboxylic acids is 2. The zero-order valence-corrected chi connectivity index (χ0v) is 13.0. The molecule has 1 rings (SSSR count). The number of amides is 1. The molecule has 0 N–H and O–H groups in total. The summed E-state index contributed by atoms with van der Waals surface area (Å²) < 4.78 is 5.06. The minimum absolute atomic E-state index is 0.120. The number of carbonyl (C=O) groups is 2. The molecule has 3 unspecified atom stereocenters. The normalized spacial score (nSPS) is 23.7. The van der Waals surface area contributed by atoms with Gasteiger partial charge in [0.2, 0.25) is 5.91 Å². The van der Waals surface area contributed by atoms with Crippen LogP contribution in [0.5, 0.6) is 0 Å². The van der Waals surface area contributed by atoms with Gasteiger partial charge in [-0.2, -0.15) is 0 Å². The van der Waals surface area contributed by atoms with Crippen LogP contribution in [-0.4, -0.2) is 37.0 Å². The first-order valence-corrected chi connectivity index (χ1v) is 7.10. The van der Waals surface area contributed by atoms with Gasteiger partial charge in [-0.05, 0) is 30.6 Å². The van der Waals surface area contributed by atoms with Gasteiger partial charge >= 0.3 is 5.97 Å². The molecule has 19 heavy (non-hydrogen) atoms. The molecule has 1 saturated carbocycles. The van der Waals surface area contributed by atoms with Crippen LogP contribution in [0.2, 0.25) is 0 Å². The van der Waals surface area contributed by atoms with Gasteiger partial charge in [0.15, 0.2) is 0 Å². The molecule has 1 aliphatic rings. The van der Waals surface area contributed by atoms with Gasteiger partial charge in [0.25, 0.3) is 0 Å². The number of esters is 1. The smallest absolute Gasteiger partial charge is 0.319 e. The van der Waals surface area contributed by atoms with Crippen LogP contribution in [0.15, 0.2) is 0 Å². The van der Waals surface area contributed by atoms with Crippen molar-refractivity contribution in [2.24, 2.45) is 23.2 Å². The lowest BCUT2D eigenvalue weighted by Gasteiger charge is -2.31. The molecule has 4 heteroatoms. The van der Waals surface area contributed by atoms with E-state index in [1.165, 1.54) is 6.42 Å². The van der Waals surface area contributed by atoms with E-state index in [1.54, 1.807) is 18.9 Å². The molecule has 1 fully saturated rings. The van der Waals surface area contributed by atoms with Gasteiger partial charge in [-0.15, -0.1) is 0 Å². The van der Waals surface area contributed by atoms with Crippen LogP contribution < -0.4 is 0 Å². The fourth-order valence-electron chi connectivity index (χ4n) is 2.37.